The number of aromatic nitrogens is 1. The molecule has 0 unspecified atom stereocenters. The van der Waals surface area contributed by atoms with Crippen LogP contribution < -0.4 is 10.7 Å². The predicted octanol–water partition coefficient (Wildman–Crippen LogP) is 2.12. The molecular formula is C16H11N3O. The van der Waals surface area contributed by atoms with E-state index in [1.54, 1.807) is 6.08 Å². The molecule has 2 aromatic carbocycles. The molecule has 3 aromatic rings. The lowest BCUT2D eigenvalue weighted by atomic mass is 10.1. The number of para-hydroxylation sites is 3. The summed E-state index contributed by atoms with van der Waals surface area (Å²) in [5.74, 6) is 0.742. The number of hydrogen-bond acceptors (Lipinski definition) is 3. The minimum Gasteiger partial charge on any atom is -0.494 e. The number of nitrogens with one attached hydrogen (secondary N) is 1. The van der Waals surface area contributed by atoms with Gasteiger partial charge in [0.15, 0.2) is 11.7 Å². The van der Waals surface area contributed by atoms with Crippen molar-refractivity contribution in [2.24, 2.45) is 9.98 Å². The maximum Gasteiger partial charge on any atom is 0.197 e. The molecule has 0 bridgehead atoms. The second-order valence-electron chi connectivity index (χ2n) is 4.65. The number of aromatic amines is 1. The molecule has 4 heteroatoms. The monoisotopic (exact) mass is 261 g/mol. The number of benzene rings is 2. The van der Waals surface area contributed by atoms with E-state index < -0.39 is 0 Å². The van der Waals surface area contributed by atoms with E-state index in [0.29, 0.717) is 5.82 Å². The molecule has 0 atom stereocenters. The molecule has 4 rings (SSSR count). The first-order chi connectivity index (χ1) is 9.81. The summed E-state index contributed by atoms with van der Waals surface area (Å²) in [7, 11) is 0. The fraction of sp³-hybridized carbons (Fsp3) is 0. The van der Waals surface area contributed by atoms with Crippen LogP contribution in [0.5, 0.6) is 5.88 Å². The molecule has 1 aliphatic rings. The van der Waals surface area contributed by atoms with E-state index in [0.717, 1.165) is 27.2 Å². The second-order valence-corrected chi connectivity index (χ2v) is 4.65. The van der Waals surface area contributed by atoms with Crippen molar-refractivity contribution in [1.82, 2.24) is 4.98 Å². The van der Waals surface area contributed by atoms with E-state index in [4.69, 9.17) is 0 Å². The van der Waals surface area contributed by atoms with Gasteiger partial charge in [0.1, 0.15) is 0 Å². The van der Waals surface area contributed by atoms with E-state index in [1.807, 2.05) is 48.5 Å². The van der Waals surface area contributed by atoms with Crippen LogP contribution in [-0.4, -0.2) is 10.1 Å². The Bertz CT molecular complexity index is 930. The van der Waals surface area contributed by atoms with Crippen molar-refractivity contribution in [3.8, 4) is 5.88 Å². The molecule has 96 valence electrons. The zero-order valence-electron chi connectivity index (χ0n) is 10.5. The van der Waals surface area contributed by atoms with E-state index in [9.17, 15) is 5.11 Å². The van der Waals surface area contributed by atoms with Gasteiger partial charge in [0.05, 0.1) is 10.7 Å². The standard InChI is InChI=1S/C16H11N3O/c20-16-11(10-5-1-2-6-12(10)19-16)9-15-17-13-7-3-4-8-14(13)18-15/h1-9,19-20H. The van der Waals surface area contributed by atoms with Crippen molar-refractivity contribution in [3.05, 3.63) is 70.6 Å². The largest absolute Gasteiger partial charge is 0.494 e. The first-order valence-corrected chi connectivity index (χ1v) is 6.35. The normalized spacial score (nSPS) is 12.9. The average molecular weight is 261 g/mol. The summed E-state index contributed by atoms with van der Waals surface area (Å²) in [5.41, 5.74) is 1.61. The minimum absolute atomic E-state index is 0.139. The molecular weight excluding hydrogens is 250 g/mol. The molecule has 0 spiro atoms. The quantitative estimate of drug-likeness (QED) is 0.692. The van der Waals surface area contributed by atoms with Crippen molar-refractivity contribution in [2.75, 3.05) is 0 Å². The highest BCUT2D eigenvalue weighted by Crippen LogP contribution is 2.29. The van der Waals surface area contributed by atoms with Gasteiger partial charge in [0.2, 0.25) is 0 Å². The van der Waals surface area contributed by atoms with Gasteiger partial charge in [-0.2, -0.15) is 0 Å². The van der Waals surface area contributed by atoms with Crippen LogP contribution in [0.1, 0.15) is 5.56 Å². The SMILES string of the molecule is Oc1[nH]c2ccccc2c1C=C1N=c2ccccc2=N1. The Kier molecular flexibility index (Phi) is 2.23. The average Bonchev–Trinajstić information content (AvgIpc) is 3.00. The van der Waals surface area contributed by atoms with Gasteiger partial charge >= 0.3 is 0 Å². The number of H-pyrrole nitrogens is 1. The van der Waals surface area contributed by atoms with Gasteiger partial charge in [-0.25, -0.2) is 9.98 Å². The van der Waals surface area contributed by atoms with Crippen LogP contribution in [0.15, 0.2) is 64.3 Å². The Labute approximate surface area is 114 Å². The fourth-order valence-electron chi connectivity index (χ4n) is 2.41. The highest BCUT2D eigenvalue weighted by Gasteiger charge is 2.10. The Morgan fingerprint density at radius 3 is 2.30 bits per heavy atom. The summed E-state index contributed by atoms with van der Waals surface area (Å²) in [5, 5.41) is 12.7. The Morgan fingerprint density at radius 1 is 0.900 bits per heavy atom. The Morgan fingerprint density at radius 2 is 1.55 bits per heavy atom. The van der Waals surface area contributed by atoms with Crippen molar-refractivity contribution in [3.63, 3.8) is 0 Å². The molecule has 1 aromatic heterocycles. The topological polar surface area (TPSA) is 60.7 Å². The molecule has 4 nitrogen and oxygen atoms in total. The number of aromatic hydroxyl groups is 1. The maximum atomic E-state index is 10.0. The molecule has 20 heavy (non-hydrogen) atoms. The van der Waals surface area contributed by atoms with Gasteiger partial charge < -0.3 is 10.1 Å². The highest BCUT2D eigenvalue weighted by atomic mass is 16.3. The zero-order valence-corrected chi connectivity index (χ0v) is 10.5. The van der Waals surface area contributed by atoms with Gasteiger partial charge in [-0.15, -0.1) is 0 Å². The summed E-state index contributed by atoms with van der Waals surface area (Å²) >= 11 is 0. The fourth-order valence-corrected chi connectivity index (χ4v) is 2.41. The number of nitrogens with zero attached hydrogens (tertiary/aromatic N) is 2. The van der Waals surface area contributed by atoms with Crippen molar-refractivity contribution < 1.29 is 5.11 Å². The Balaban J connectivity index is 1.92. The summed E-state index contributed by atoms with van der Waals surface area (Å²) in [4.78, 5) is 11.8. The van der Waals surface area contributed by atoms with E-state index in [-0.39, 0.29) is 5.88 Å². The van der Waals surface area contributed by atoms with Crippen molar-refractivity contribution in [1.29, 1.82) is 0 Å². The summed E-state index contributed by atoms with van der Waals surface area (Å²) in [6, 6.07) is 15.5. The van der Waals surface area contributed by atoms with E-state index >= 15 is 0 Å². The predicted molar refractivity (Wildman–Crippen MR) is 76.7 cm³/mol. The third-order valence-corrected chi connectivity index (χ3v) is 3.35. The first-order valence-electron chi connectivity index (χ1n) is 6.35. The molecule has 2 heterocycles. The van der Waals surface area contributed by atoms with Gasteiger partial charge in [0.25, 0.3) is 0 Å². The van der Waals surface area contributed by atoms with Crippen LogP contribution >= 0.6 is 0 Å². The molecule has 0 saturated heterocycles. The Hall–Kier alpha value is -2.88. The van der Waals surface area contributed by atoms with Crippen LogP contribution in [0.25, 0.3) is 17.0 Å². The lowest BCUT2D eigenvalue weighted by Gasteiger charge is -1.93. The molecule has 0 aliphatic carbocycles. The van der Waals surface area contributed by atoms with Crippen LogP contribution in [0.2, 0.25) is 0 Å². The van der Waals surface area contributed by atoms with Crippen molar-refractivity contribution >= 4 is 17.0 Å². The molecule has 0 saturated carbocycles. The van der Waals surface area contributed by atoms with E-state index in [2.05, 4.69) is 15.0 Å². The molecule has 0 fully saturated rings. The maximum absolute atomic E-state index is 10.0. The van der Waals surface area contributed by atoms with Crippen LogP contribution in [0.4, 0.5) is 0 Å². The lowest BCUT2D eigenvalue weighted by Crippen LogP contribution is -2.19. The second kappa shape index (κ2) is 4.06. The van der Waals surface area contributed by atoms with E-state index in [1.165, 1.54) is 0 Å². The third kappa shape index (κ3) is 1.62. The number of fused-ring (bicyclic) bond motifs is 2. The van der Waals surface area contributed by atoms with Gasteiger partial charge in [-0.05, 0) is 24.3 Å². The summed E-state index contributed by atoms with van der Waals surface area (Å²) in [6.45, 7) is 0. The van der Waals surface area contributed by atoms with Crippen LogP contribution in [0.3, 0.4) is 0 Å². The molecule has 1 aliphatic heterocycles. The minimum atomic E-state index is 0.139. The molecule has 0 amide bonds. The molecule has 2 N–H and O–H groups in total. The van der Waals surface area contributed by atoms with Gasteiger partial charge in [0, 0.05) is 16.5 Å². The van der Waals surface area contributed by atoms with Crippen LogP contribution in [-0.2, 0) is 0 Å². The first kappa shape index (κ1) is 11.0. The summed E-state index contributed by atoms with van der Waals surface area (Å²) < 4.78 is 0. The van der Waals surface area contributed by atoms with Crippen molar-refractivity contribution in [2.45, 2.75) is 0 Å². The highest BCUT2D eigenvalue weighted by molar-refractivity contribution is 5.92. The van der Waals surface area contributed by atoms with Crippen LogP contribution in [0, 0.1) is 0 Å². The summed E-state index contributed by atoms with van der Waals surface area (Å²) in [6.07, 6.45) is 1.80. The number of rotatable bonds is 1. The molecule has 0 radical (unpaired) electrons. The third-order valence-electron chi connectivity index (χ3n) is 3.35. The number of hydrogen-bond donors (Lipinski definition) is 2. The zero-order chi connectivity index (χ0) is 13.5. The van der Waals surface area contributed by atoms with Gasteiger partial charge in [-0.1, -0.05) is 30.3 Å². The van der Waals surface area contributed by atoms with Gasteiger partial charge in [-0.3, -0.25) is 0 Å². The smallest absolute Gasteiger partial charge is 0.197 e. The lowest BCUT2D eigenvalue weighted by molar-refractivity contribution is 0.457.